The molecule has 3 heteroatoms. The monoisotopic (exact) mass is 217 g/mol. The molecule has 1 heterocycles. The molecular weight excluding hydrogens is 206 g/mol. The molecule has 1 aromatic carbocycles. The maximum atomic E-state index is 11.9. The van der Waals surface area contributed by atoms with Crippen molar-refractivity contribution in [2.45, 2.75) is 10.6 Å². The van der Waals surface area contributed by atoms with Crippen LogP contribution in [0.25, 0.3) is 0 Å². The van der Waals surface area contributed by atoms with Gasteiger partial charge in [0.2, 0.25) is 0 Å². The fourth-order valence-corrected chi connectivity index (χ4v) is 2.39. The average Bonchev–Trinajstić information content (AvgIpc) is 2.31. The second-order valence-electron chi connectivity index (χ2n) is 3.16. The van der Waals surface area contributed by atoms with E-state index in [0.717, 1.165) is 10.5 Å². The van der Waals surface area contributed by atoms with Gasteiger partial charge < -0.3 is 0 Å². The lowest BCUT2D eigenvalue weighted by molar-refractivity contribution is 0.682. The highest BCUT2D eigenvalue weighted by Gasteiger charge is 2.03. The summed E-state index contributed by atoms with van der Waals surface area (Å²) in [6.07, 6.45) is 3.33. The van der Waals surface area contributed by atoms with Gasteiger partial charge >= 0.3 is 0 Å². The van der Waals surface area contributed by atoms with Gasteiger partial charge in [-0.1, -0.05) is 30.3 Å². The number of hydrogen-bond donors (Lipinski definition) is 0. The molecule has 2 rings (SSSR count). The quantitative estimate of drug-likeness (QED) is 0.790. The molecule has 0 aliphatic carbocycles. The molecule has 0 N–H and O–H groups in total. The summed E-state index contributed by atoms with van der Waals surface area (Å²) in [5, 5.41) is 0. The first kappa shape index (κ1) is 10.1. The van der Waals surface area contributed by atoms with Gasteiger partial charge in [-0.3, -0.25) is 9.19 Å². The molecule has 0 aliphatic heterocycles. The minimum Gasteiger partial charge on any atom is -0.265 e. The molecule has 0 amide bonds. The first-order chi connectivity index (χ1) is 7.36. The van der Waals surface area contributed by atoms with Crippen LogP contribution in [0.5, 0.6) is 0 Å². The van der Waals surface area contributed by atoms with E-state index in [-0.39, 0.29) is 0 Å². The Labute approximate surface area is 91.4 Å². The predicted octanol–water partition coefficient (Wildman–Crippen LogP) is 2.39. The zero-order valence-electron chi connectivity index (χ0n) is 8.17. The Bertz CT molecular complexity index is 442. The van der Waals surface area contributed by atoms with Crippen molar-refractivity contribution in [3.05, 3.63) is 60.4 Å². The summed E-state index contributed by atoms with van der Waals surface area (Å²) in [7, 11) is -0.974. The van der Waals surface area contributed by atoms with Crippen LogP contribution in [0.3, 0.4) is 0 Å². The van der Waals surface area contributed by atoms with E-state index in [4.69, 9.17) is 0 Å². The van der Waals surface area contributed by atoms with Gasteiger partial charge in [0.1, 0.15) is 0 Å². The average molecular weight is 217 g/mol. The van der Waals surface area contributed by atoms with E-state index in [1.54, 1.807) is 24.5 Å². The van der Waals surface area contributed by atoms with Crippen molar-refractivity contribution in [3.8, 4) is 0 Å². The smallest absolute Gasteiger partial charge is 0.0575 e. The van der Waals surface area contributed by atoms with Gasteiger partial charge in [0.25, 0.3) is 0 Å². The van der Waals surface area contributed by atoms with Crippen LogP contribution in [-0.2, 0) is 16.6 Å². The zero-order chi connectivity index (χ0) is 10.5. The third kappa shape index (κ3) is 2.73. The van der Waals surface area contributed by atoms with Crippen molar-refractivity contribution in [2.75, 3.05) is 0 Å². The Morgan fingerprint density at radius 1 is 1.00 bits per heavy atom. The van der Waals surface area contributed by atoms with Crippen LogP contribution in [0.1, 0.15) is 5.56 Å². The van der Waals surface area contributed by atoms with Crippen molar-refractivity contribution in [1.29, 1.82) is 0 Å². The molecule has 0 spiro atoms. The summed E-state index contributed by atoms with van der Waals surface area (Å²) in [5.41, 5.74) is 1.09. The highest BCUT2D eigenvalue weighted by Crippen LogP contribution is 2.10. The van der Waals surface area contributed by atoms with Crippen molar-refractivity contribution in [1.82, 2.24) is 4.98 Å². The van der Waals surface area contributed by atoms with Crippen molar-refractivity contribution < 1.29 is 4.21 Å². The van der Waals surface area contributed by atoms with Crippen molar-refractivity contribution in [3.63, 3.8) is 0 Å². The molecule has 1 atom stereocenters. The molecule has 76 valence electrons. The van der Waals surface area contributed by atoms with Crippen LogP contribution in [0, 0.1) is 0 Å². The summed E-state index contributed by atoms with van der Waals surface area (Å²) in [6.45, 7) is 0. The zero-order valence-corrected chi connectivity index (χ0v) is 8.98. The van der Waals surface area contributed by atoms with E-state index < -0.39 is 10.8 Å². The molecule has 0 bridgehead atoms. The summed E-state index contributed by atoms with van der Waals surface area (Å²) >= 11 is 0. The lowest BCUT2D eigenvalue weighted by Gasteiger charge is -2.01. The lowest BCUT2D eigenvalue weighted by Crippen LogP contribution is -1.96. The molecule has 0 saturated heterocycles. The fraction of sp³-hybridized carbons (Fsp3) is 0.0833. The third-order valence-corrected chi connectivity index (χ3v) is 3.45. The molecule has 0 saturated carbocycles. The third-order valence-electron chi connectivity index (χ3n) is 2.05. The fourth-order valence-electron chi connectivity index (χ4n) is 1.30. The second-order valence-corrected chi connectivity index (χ2v) is 4.61. The van der Waals surface area contributed by atoms with Crippen LogP contribution in [0.15, 0.2) is 59.8 Å². The number of hydrogen-bond acceptors (Lipinski definition) is 2. The Morgan fingerprint density at radius 2 is 1.67 bits per heavy atom. The summed E-state index contributed by atoms with van der Waals surface area (Å²) in [6, 6.07) is 13.4. The molecule has 2 aromatic rings. The number of rotatable bonds is 3. The van der Waals surface area contributed by atoms with Gasteiger partial charge in [0.05, 0.1) is 16.6 Å². The number of aromatic nitrogens is 1. The van der Waals surface area contributed by atoms with Crippen LogP contribution in [-0.4, -0.2) is 9.19 Å². The SMILES string of the molecule is O=S(Cc1ccccc1)c1ccncc1. The minimum absolute atomic E-state index is 0.560. The molecule has 0 aliphatic rings. The summed E-state index contributed by atoms with van der Waals surface area (Å²) in [5.74, 6) is 0.560. The molecule has 2 nitrogen and oxygen atoms in total. The molecule has 1 unspecified atom stereocenters. The number of pyridine rings is 1. The largest absolute Gasteiger partial charge is 0.265 e. The van der Waals surface area contributed by atoms with E-state index in [0.29, 0.717) is 5.75 Å². The van der Waals surface area contributed by atoms with Crippen molar-refractivity contribution in [2.24, 2.45) is 0 Å². The normalized spacial score (nSPS) is 12.3. The topological polar surface area (TPSA) is 30.0 Å². The Kier molecular flexibility index (Phi) is 3.25. The number of benzene rings is 1. The highest BCUT2D eigenvalue weighted by atomic mass is 32.2. The van der Waals surface area contributed by atoms with E-state index >= 15 is 0 Å². The first-order valence-electron chi connectivity index (χ1n) is 4.68. The van der Waals surface area contributed by atoms with Crippen molar-refractivity contribution >= 4 is 10.8 Å². The summed E-state index contributed by atoms with van der Waals surface area (Å²) in [4.78, 5) is 4.73. The standard InChI is InChI=1S/C12H11NOS/c14-15(12-6-8-13-9-7-12)10-11-4-2-1-3-5-11/h1-9H,10H2. The van der Waals surface area contributed by atoms with E-state index in [9.17, 15) is 4.21 Å². The van der Waals surface area contributed by atoms with Crippen LogP contribution < -0.4 is 0 Å². The maximum absolute atomic E-state index is 11.9. The highest BCUT2D eigenvalue weighted by molar-refractivity contribution is 7.84. The van der Waals surface area contributed by atoms with Crippen LogP contribution in [0.4, 0.5) is 0 Å². The maximum Gasteiger partial charge on any atom is 0.0575 e. The Balaban J connectivity index is 2.12. The second kappa shape index (κ2) is 4.84. The van der Waals surface area contributed by atoms with Gasteiger partial charge in [-0.2, -0.15) is 0 Å². The van der Waals surface area contributed by atoms with Crippen LogP contribution in [0.2, 0.25) is 0 Å². The van der Waals surface area contributed by atoms with Gasteiger partial charge in [0, 0.05) is 17.3 Å². The molecule has 0 radical (unpaired) electrons. The van der Waals surface area contributed by atoms with Gasteiger partial charge in [-0.25, -0.2) is 0 Å². The molecule has 15 heavy (non-hydrogen) atoms. The Hall–Kier alpha value is -1.48. The van der Waals surface area contributed by atoms with Gasteiger partial charge in [0.15, 0.2) is 0 Å². The van der Waals surface area contributed by atoms with E-state index in [1.165, 1.54) is 0 Å². The molecule has 1 aromatic heterocycles. The number of nitrogens with zero attached hydrogens (tertiary/aromatic N) is 1. The Morgan fingerprint density at radius 3 is 2.33 bits per heavy atom. The van der Waals surface area contributed by atoms with E-state index in [2.05, 4.69) is 4.98 Å². The lowest BCUT2D eigenvalue weighted by atomic mass is 10.2. The summed E-state index contributed by atoms with van der Waals surface area (Å²) < 4.78 is 11.9. The van der Waals surface area contributed by atoms with E-state index in [1.807, 2.05) is 30.3 Å². The molecular formula is C12H11NOS. The van der Waals surface area contributed by atoms with Gasteiger partial charge in [-0.05, 0) is 17.7 Å². The minimum atomic E-state index is -0.974. The predicted molar refractivity (Wildman–Crippen MR) is 60.8 cm³/mol. The van der Waals surface area contributed by atoms with Gasteiger partial charge in [-0.15, -0.1) is 0 Å². The molecule has 0 fully saturated rings. The first-order valence-corrected chi connectivity index (χ1v) is 6.00. The van der Waals surface area contributed by atoms with Crippen LogP contribution >= 0.6 is 0 Å².